The van der Waals surface area contributed by atoms with Crippen LogP contribution < -0.4 is 4.90 Å². The van der Waals surface area contributed by atoms with Gasteiger partial charge in [-0.2, -0.15) is 11.3 Å². The van der Waals surface area contributed by atoms with Crippen molar-refractivity contribution in [2.75, 3.05) is 24.7 Å². The van der Waals surface area contributed by atoms with Gasteiger partial charge in [0.2, 0.25) is 5.95 Å². The lowest BCUT2D eigenvalue weighted by molar-refractivity contribution is 0.0546. The molecule has 0 spiro atoms. The topological polar surface area (TPSA) is 56.1 Å². The zero-order chi connectivity index (χ0) is 14.1. The Morgan fingerprint density at radius 2 is 2.29 bits per heavy atom. The standard InChI is InChI=1S/C14H19N5OS/c1-4-13(11-5-8-21-10-11)18(6-1)14-15-16-17-19(14)12-3-2-7-20-9-12/h5,8,10,12-13H,1-4,6-7,9H2. The van der Waals surface area contributed by atoms with E-state index in [4.69, 9.17) is 4.74 Å². The molecule has 0 aliphatic carbocycles. The maximum absolute atomic E-state index is 5.59. The summed E-state index contributed by atoms with van der Waals surface area (Å²) in [6.07, 6.45) is 4.53. The van der Waals surface area contributed by atoms with Crippen LogP contribution in [0.3, 0.4) is 0 Å². The van der Waals surface area contributed by atoms with Gasteiger partial charge in [0.15, 0.2) is 0 Å². The number of rotatable bonds is 3. The van der Waals surface area contributed by atoms with Crippen LogP contribution in [0.25, 0.3) is 0 Å². The number of tetrazole rings is 1. The lowest BCUT2D eigenvalue weighted by atomic mass is 10.1. The first-order valence-electron chi connectivity index (χ1n) is 7.58. The zero-order valence-corrected chi connectivity index (χ0v) is 12.7. The van der Waals surface area contributed by atoms with Gasteiger partial charge in [0, 0.05) is 13.2 Å². The predicted octanol–water partition coefficient (Wildman–Crippen LogP) is 2.43. The fourth-order valence-corrected chi connectivity index (χ4v) is 4.06. The minimum Gasteiger partial charge on any atom is -0.379 e. The monoisotopic (exact) mass is 305 g/mol. The molecule has 2 saturated heterocycles. The van der Waals surface area contributed by atoms with Crippen molar-refractivity contribution in [2.45, 2.75) is 37.8 Å². The third-order valence-corrected chi connectivity index (χ3v) is 5.10. The Morgan fingerprint density at radius 3 is 3.10 bits per heavy atom. The smallest absolute Gasteiger partial charge is 0.246 e. The average molecular weight is 305 g/mol. The molecule has 2 aromatic heterocycles. The molecule has 0 N–H and O–H groups in total. The van der Waals surface area contributed by atoms with E-state index >= 15 is 0 Å². The van der Waals surface area contributed by atoms with Crippen molar-refractivity contribution in [3.8, 4) is 0 Å². The maximum Gasteiger partial charge on any atom is 0.246 e. The largest absolute Gasteiger partial charge is 0.379 e. The molecule has 2 aromatic rings. The highest BCUT2D eigenvalue weighted by molar-refractivity contribution is 7.08. The Labute approximate surface area is 127 Å². The summed E-state index contributed by atoms with van der Waals surface area (Å²) >= 11 is 1.75. The van der Waals surface area contributed by atoms with Gasteiger partial charge in [-0.25, -0.2) is 4.68 Å². The van der Waals surface area contributed by atoms with Gasteiger partial charge in [0.05, 0.1) is 18.7 Å². The molecule has 2 aliphatic rings. The minimum atomic E-state index is 0.271. The Kier molecular flexibility index (Phi) is 3.60. The van der Waals surface area contributed by atoms with Gasteiger partial charge in [0.25, 0.3) is 0 Å². The van der Waals surface area contributed by atoms with Crippen molar-refractivity contribution in [3.05, 3.63) is 22.4 Å². The number of thiophene rings is 1. The number of aromatic nitrogens is 4. The van der Waals surface area contributed by atoms with Gasteiger partial charge in [-0.05, 0) is 58.5 Å². The van der Waals surface area contributed by atoms with Gasteiger partial charge in [0.1, 0.15) is 0 Å². The van der Waals surface area contributed by atoms with Gasteiger partial charge in [-0.3, -0.25) is 0 Å². The Bertz CT molecular complexity index is 578. The van der Waals surface area contributed by atoms with Crippen LogP contribution >= 0.6 is 11.3 Å². The lowest BCUT2D eigenvalue weighted by Gasteiger charge is -2.28. The van der Waals surface area contributed by atoms with Crippen molar-refractivity contribution in [3.63, 3.8) is 0 Å². The number of hydrogen-bond donors (Lipinski definition) is 0. The Balaban J connectivity index is 1.62. The summed E-state index contributed by atoms with van der Waals surface area (Å²) in [6, 6.07) is 2.89. The molecular formula is C14H19N5OS. The number of ether oxygens (including phenoxy) is 1. The molecule has 0 amide bonds. The number of anilines is 1. The highest BCUT2D eigenvalue weighted by Gasteiger charge is 2.32. The van der Waals surface area contributed by atoms with Crippen LogP contribution in [-0.4, -0.2) is 40.0 Å². The van der Waals surface area contributed by atoms with Gasteiger partial charge >= 0.3 is 0 Å². The molecule has 4 rings (SSSR count). The molecular weight excluding hydrogens is 286 g/mol. The highest BCUT2D eigenvalue weighted by Crippen LogP contribution is 2.36. The fourth-order valence-electron chi connectivity index (χ4n) is 3.35. The van der Waals surface area contributed by atoms with E-state index in [9.17, 15) is 0 Å². The van der Waals surface area contributed by atoms with Gasteiger partial charge < -0.3 is 9.64 Å². The highest BCUT2D eigenvalue weighted by atomic mass is 32.1. The molecule has 0 bridgehead atoms. The Hall–Kier alpha value is -1.47. The van der Waals surface area contributed by atoms with Crippen LogP contribution in [0.2, 0.25) is 0 Å². The van der Waals surface area contributed by atoms with E-state index in [-0.39, 0.29) is 6.04 Å². The summed E-state index contributed by atoms with van der Waals surface area (Å²) in [5, 5.41) is 16.9. The van der Waals surface area contributed by atoms with E-state index < -0.39 is 0 Å². The summed E-state index contributed by atoms with van der Waals surface area (Å²) in [7, 11) is 0. The van der Waals surface area contributed by atoms with E-state index in [1.807, 2.05) is 4.68 Å². The average Bonchev–Trinajstić information content (AvgIpc) is 3.27. The third kappa shape index (κ3) is 2.44. The lowest BCUT2D eigenvalue weighted by Crippen LogP contribution is -2.30. The molecule has 0 aromatic carbocycles. The minimum absolute atomic E-state index is 0.271. The van der Waals surface area contributed by atoms with Crippen LogP contribution in [0.15, 0.2) is 16.8 Å². The van der Waals surface area contributed by atoms with Crippen molar-refractivity contribution >= 4 is 17.3 Å². The SMILES string of the molecule is c1cc(C2CCCN2c2nnnn2C2CCCOC2)cs1. The fraction of sp³-hybridized carbons (Fsp3) is 0.643. The van der Waals surface area contributed by atoms with E-state index in [0.29, 0.717) is 6.04 Å². The molecule has 112 valence electrons. The van der Waals surface area contributed by atoms with Crippen LogP contribution in [-0.2, 0) is 4.74 Å². The first kappa shape index (κ1) is 13.2. The molecule has 2 atom stereocenters. The summed E-state index contributed by atoms with van der Waals surface area (Å²) in [6.45, 7) is 2.60. The van der Waals surface area contributed by atoms with Crippen molar-refractivity contribution in [1.29, 1.82) is 0 Å². The molecule has 7 heteroatoms. The van der Waals surface area contributed by atoms with Crippen LogP contribution in [0.1, 0.15) is 43.3 Å². The van der Waals surface area contributed by atoms with E-state index in [0.717, 1.165) is 38.5 Å². The maximum atomic E-state index is 5.59. The van der Waals surface area contributed by atoms with Crippen LogP contribution in [0.4, 0.5) is 5.95 Å². The molecule has 2 aliphatic heterocycles. The normalized spacial score (nSPS) is 26.4. The quantitative estimate of drug-likeness (QED) is 0.871. The second-order valence-electron chi connectivity index (χ2n) is 5.70. The Morgan fingerprint density at radius 1 is 1.29 bits per heavy atom. The summed E-state index contributed by atoms with van der Waals surface area (Å²) < 4.78 is 7.57. The van der Waals surface area contributed by atoms with Crippen molar-refractivity contribution in [2.24, 2.45) is 0 Å². The molecule has 0 radical (unpaired) electrons. The summed E-state index contributed by atoms with van der Waals surface area (Å²) in [4.78, 5) is 2.36. The molecule has 21 heavy (non-hydrogen) atoms. The third-order valence-electron chi connectivity index (χ3n) is 4.40. The number of nitrogens with zero attached hydrogens (tertiary/aromatic N) is 5. The van der Waals surface area contributed by atoms with E-state index in [2.05, 4.69) is 37.3 Å². The second kappa shape index (κ2) is 5.73. The van der Waals surface area contributed by atoms with Gasteiger partial charge in [-0.1, -0.05) is 5.10 Å². The molecule has 6 nitrogen and oxygen atoms in total. The molecule has 2 unspecified atom stereocenters. The van der Waals surface area contributed by atoms with E-state index in [1.165, 1.54) is 18.4 Å². The molecule has 2 fully saturated rings. The zero-order valence-electron chi connectivity index (χ0n) is 11.9. The summed E-state index contributed by atoms with van der Waals surface area (Å²) in [5.41, 5.74) is 1.38. The first-order chi connectivity index (χ1) is 10.4. The molecule has 0 saturated carbocycles. The second-order valence-corrected chi connectivity index (χ2v) is 6.48. The van der Waals surface area contributed by atoms with Crippen molar-refractivity contribution < 1.29 is 4.74 Å². The van der Waals surface area contributed by atoms with Crippen LogP contribution in [0.5, 0.6) is 0 Å². The van der Waals surface area contributed by atoms with Crippen molar-refractivity contribution in [1.82, 2.24) is 20.2 Å². The first-order valence-corrected chi connectivity index (χ1v) is 8.52. The van der Waals surface area contributed by atoms with Crippen LogP contribution in [0, 0.1) is 0 Å². The van der Waals surface area contributed by atoms with E-state index in [1.54, 1.807) is 11.3 Å². The van der Waals surface area contributed by atoms with Gasteiger partial charge in [-0.15, -0.1) is 0 Å². The summed E-state index contributed by atoms with van der Waals surface area (Å²) in [5.74, 6) is 0.902. The predicted molar refractivity (Wildman–Crippen MR) is 80.5 cm³/mol. The number of hydrogen-bond acceptors (Lipinski definition) is 6. The molecule has 4 heterocycles.